The van der Waals surface area contributed by atoms with E-state index in [-0.39, 0.29) is 22.0 Å². The predicted octanol–water partition coefficient (Wildman–Crippen LogP) is 1.90. The van der Waals surface area contributed by atoms with Gasteiger partial charge >= 0.3 is 0 Å². The van der Waals surface area contributed by atoms with Crippen molar-refractivity contribution in [2.24, 2.45) is 5.73 Å². The fraction of sp³-hybridized carbons (Fsp3) is 0.455. The van der Waals surface area contributed by atoms with Gasteiger partial charge in [0.15, 0.2) is 9.84 Å². The molecule has 0 heterocycles. The molecule has 6 nitrogen and oxygen atoms in total. The first-order chi connectivity index (χ1) is 8.75. The van der Waals surface area contributed by atoms with Crippen LogP contribution >= 0.6 is 11.6 Å². The molecule has 19 heavy (non-hydrogen) atoms. The third-order valence-corrected chi connectivity index (χ3v) is 4.53. The first-order valence-corrected chi connectivity index (χ1v) is 7.84. The fourth-order valence-corrected chi connectivity index (χ4v) is 3.46. The smallest absolute Gasteiger partial charge is 0.275 e. The largest absolute Gasteiger partial charge is 0.327 e. The van der Waals surface area contributed by atoms with Gasteiger partial charge in [0, 0.05) is 22.7 Å². The summed E-state index contributed by atoms with van der Waals surface area (Å²) in [5.74, 6) is -0.600. The Hall–Kier alpha value is -1.18. The van der Waals surface area contributed by atoms with Crippen LogP contribution in [0.1, 0.15) is 18.9 Å². The summed E-state index contributed by atoms with van der Waals surface area (Å²) >= 11 is 5.67. The molecule has 0 aromatic heterocycles. The second-order valence-corrected chi connectivity index (χ2v) is 6.80. The van der Waals surface area contributed by atoms with Crippen LogP contribution < -0.4 is 5.73 Å². The molecule has 0 fully saturated rings. The Morgan fingerprint density at radius 1 is 1.47 bits per heavy atom. The molecule has 0 radical (unpaired) electrons. The summed E-state index contributed by atoms with van der Waals surface area (Å²) in [6, 6.07) is 3.47. The molecule has 1 aromatic carbocycles. The molecule has 0 bridgehead atoms. The topological polar surface area (TPSA) is 103 Å². The maximum Gasteiger partial charge on any atom is 0.275 e. The molecular weight excluding hydrogens is 292 g/mol. The summed E-state index contributed by atoms with van der Waals surface area (Å²) in [4.78, 5) is 10.2. The molecule has 0 spiro atoms. The molecule has 2 N–H and O–H groups in total. The van der Waals surface area contributed by atoms with Gasteiger partial charge in [-0.2, -0.15) is 0 Å². The second kappa shape index (κ2) is 6.31. The first-order valence-electron chi connectivity index (χ1n) is 5.64. The SMILES string of the molecule is CCC(N)CS(=O)(=O)Cc1ccc(Cl)cc1[N+](=O)[O-]. The van der Waals surface area contributed by atoms with Gasteiger partial charge in [0.1, 0.15) is 0 Å². The number of benzene rings is 1. The highest BCUT2D eigenvalue weighted by Crippen LogP contribution is 2.25. The molecule has 0 amide bonds. The molecule has 0 saturated heterocycles. The van der Waals surface area contributed by atoms with Crippen LogP contribution in [0.25, 0.3) is 0 Å². The molecule has 1 rings (SSSR count). The van der Waals surface area contributed by atoms with Gasteiger partial charge < -0.3 is 5.73 Å². The highest BCUT2D eigenvalue weighted by molar-refractivity contribution is 7.90. The van der Waals surface area contributed by atoms with Crippen molar-refractivity contribution in [2.75, 3.05) is 5.75 Å². The summed E-state index contributed by atoms with van der Waals surface area (Å²) in [5.41, 5.74) is 5.43. The van der Waals surface area contributed by atoms with Gasteiger partial charge in [0.05, 0.1) is 16.4 Å². The van der Waals surface area contributed by atoms with Crippen molar-refractivity contribution >= 4 is 27.1 Å². The van der Waals surface area contributed by atoms with E-state index in [0.29, 0.717) is 6.42 Å². The van der Waals surface area contributed by atoms with E-state index in [0.717, 1.165) is 6.07 Å². The minimum atomic E-state index is -3.49. The number of rotatable bonds is 6. The average molecular weight is 307 g/mol. The lowest BCUT2D eigenvalue weighted by molar-refractivity contribution is -0.385. The van der Waals surface area contributed by atoms with Crippen molar-refractivity contribution in [1.29, 1.82) is 0 Å². The van der Waals surface area contributed by atoms with Crippen molar-refractivity contribution in [1.82, 2.24) is 0 Å². The van der Waals surface area contributed by atoms with Crippen LogP contribution in [0.15, 0.2) is 18.2 Å². The Morgan fingerprint density at radius 2 is 2.11 bits per heavy atom. The number of hydrogen-bond acceptors (Lipinski definition) is 5. The third kappa shape index (κ3) is 4.77. The van der Waals surface area contributed by atoms with Crippen LogP contribution in [0.4, 0.5) is 5.69 Å². The van der Waals surface area contributed by atoms with E-state index in [1.807, 2.05) is 0 Å². The molecular formula is C11H15ClN2O4S. The normalized spacial score (nSPS) is 13.2. The average Bonchev–Trinajstić information content (AvgIpc) is 2.30. The lowest BCUT2D eigenvalue weighted by Gasteiger charge is -2.10. The Kier molecular flexibility index (Phi) is 5.28. The molecule has 8 heteroatoms. The van der Waals surface area contributed by atoms with E-state index >= 15 is 0 Å². The summed E-state index contributed by atoms with van der Waals surface area (Å²) in [5, 5.41) is 11.1. The summed E-state index contributed by atoms with van der Waals surface area (Å²) < 4.78 is 23.8. The van der Waals surface area contributed by atoms with Gasteiger partial charge in [0.2, 0.25) is 0 Å². The summed E-state index contributed by atoms with van der Waals surface area (Å²) in [6.07, 6.45) is 0.530. The van der Waals surface area contributed by atoms with Crippen molar-refractivity contribution in [2.45, 2.75) is 25.1 Å². The van der Waals surface area contributed by atoms with E-state index in [9.17, 15) is 18.5 Å². The van der Waals surface area contributed by atoms with Crippen LogP contribution in [0.3, 0.4) is 0 Å². The minimum Gasteiger partial charge on any atom is -0.327 e. The number of nitro groups is 1. The quantitative estimate of drug-likeness (QED) is 0.638. The van der Waals surface area contributed by atoms with Crippen molar-refractivity contribution in [3.63, 3.8) is 0 Å². The van der Waals surface area contributed by atoms with Crippen LogP contribution in [-0.2, 0) is 15.6 Å². The fourth-order valence-electron chi connectivity index (χ4n) is 1.57. The lowest BCUT2D eigenvalue weighted by atomic mass is 10.2. The third-order valence-electron chi connectivity index (χ3n) is 2.61. The highest BCUT2D eigenvalue weighted by Gasteiger charge is 2.22. The standard InChI is InChI=1S/C11H15ClN2O4S/c1-2-10(13)7-19(17,18)6-8-3-4-9(12)5-11(8)14(15)16/h3-5,10H,2,6-7,13H2,1H3. The highest BCUT2D eigenvalue weighted by atomic mass is 35.5. The Bertz CT molecular complexity index is 574. The number of nitro benzene ring substituents is 1. The Morgan fingerprint density at radius 3 is 2.63 bits per heavy atom. The maximum absolute atomic E-state index is 11.9. The van der Waals surface area contributed by atoms with E-state index in [1.165, 1.54) is 12.1 Å². The maximum atomic E-state index is 11.9. The summed E-state index contributed by atoms with van der Waals surface area (Å²) in [6.45, 7) is 1.78. The lowest BCUT2D eigenvalue weighted by Crippen LogP contribution is -2.29. The van der Waals surface area contributed by atoms with Gasteiger partial charge in [-0.05, 0) is 18.6 Å². The Labute approximate surface area is 116 Å². The van der Waals surface area contributed by atoms with E-state index < -0.39 is 26.6 Å². The zero-order valence-corrected chi connectivity index (χ0v) is 11.9. The van der Waals surface area contributed by atoms with Gasteiger partial charge in [-0.15, -0.1) is 0 Å². The van der Waals surface area contributed by atoms with Gasteiger partial charge in [0.25, 0.3) is 5.69 Å². The van der Waals surface area contributed by atoms with Gasteiger partial charge in [-0.25, -0.2) is 8.42 Å². The number of sulfone groups is 1. The molecule has 106 valence electrons. The second-order valence-electron chi connectivity index (χ2n) is 4.25. The zero-order chi connectivity index (χ0) is 14.6. The van der Waals surface area contributed by atoms with Crippen LogP contribution in [-0.4, -0.2) is 25.1 Å². The van der Waals surface area contributed by atoms with Crippen molar-refractivity contribution < 1.29 is 13.3 Å². The number of halogens is 1. The first kappa shape index (κ1) is 15.9. The zero-order valence-electron chi connectivity index (χ0n) is 10.4. The molecule has 1 unspecified atom stereocenters. The minimum absolute atomic E-state index is 0.123. The van der Waals surface area contributed by atoms with Gasteiger partial charge in [-0.1, -0.05) is 18.5 Å². The van der Waals surface area contributed by atoms with E-state index in [1.54, 1.807) is 6.92 Å². The molecule has 0 aliphatic rings. The molecule has 0 aliphatic heterocycles. The van der Waals surface area contributed by atoms with Crippen LogP contribution in [0.5, 0.6) is 0 Å². The van der Waals surface area contributed by atoms with Crippen molar-refractivity contribution in [3.05, 3.63) is 38.9 Å². The predicted molar refractivity (Wildman–Crippen MR) is 73.9 cm³/mol. The van der Waals surface area contributed by atoms with E-state index in [2.05, 4.69) is 0 Å². The van der Waals surface area contributed by atoms with E-state index in [4.69, 9.17) is 17.3 Å². The molecule has 1 aromatic rings. The monoisotopic (exact) mass is 306 g/mol. The molecule has 0 saturated carbocycles. The van der Waals surface area contributed by atoms with Crippen LogP contribution in [0.2, 0.25) is 5.02 Å². The Balaban J connectivity index is 3.02. The molecule has 0 aliphatic carbocycles. The number of nitrogens with zero attached hydrogens (tertiary/aromatic N) is 1. The number of nitrogens with two attached hydrogens (primary N) is 1. The van der Waals surface area contributed by atoms with Gasteiger partial charge in [-0.3, -0.25) is 10.1 Å². The molecule has 1 atom stereocenters. The van der Waals surface area contributed by atoms with Crippen LogP contribution in [0, 0.1) is 10.1 Å². The number of hydrogen-bond donors (Lipinski definition) is 1. The van der Waals surface area contributed by atoms with Crippen molar-refractivity contribution in [3.8, 4) is 0 Å². The summed E-state index contributed by atoms with van der Waals surface area (Å²) in [7, 11) is -3.49.